The monoisotopic (exact) mass is 758 g/mol. The molecule has 53 heavy (non-hydrogen) atoms. The number of fused-ring (bicyclic) bond motifs is 3. The number of aryl methyl sites for hydroxylation is 1. The van der Waals surface area contributed by atoms with E-state index >= 15 is 0 Å². The van der Waals surface area contributed by atoms with Crippen LogP contribution in [-0.4, -0.2) is 94.3 Å². The standard InChI is InChI=1S/C36H47FN6O9S/c1-6-21-13-19(2)9-7-8-10-22-17-36(22,33(46)42-53(49,50)35(4)11-12-35)41-30(44)27-14-23(18-43(27)32(45)29(21)40-34(47)48)52-31-20(3)38-25-15-24(37)28(51-5)16-26(25)39-31/h8,10,15-16,19,21-23,27,29,40H,6-7,9,11-14,17-18H2,1-5H3,(H,41,44)(H,42,46)(H,47,48)/b10-8-/t19-,21-,22?,23-,27+,29+,36?/m1/s1. The minimum Gasteiger partial charge on any atom is -0.494 e. The molecule has 7 atom stereocenters. The highest BCUT2D eigenvalue weighted by atomic mass is 32.2. The van der Waals surface area contributed by atoms with Crippen LogP contribution in [0.15, 0.2) is 24.3 Å². The number of halogens is 1. The molecule has 0 spiro atoms. The second-order valence-electron chi connectivity index (χ2n) is 15.2. The molecule has 3 fully saturated rings. The van der Waals surface area contributed by atoms with E-state index in [2.05, 4.69) is 25.3 Å². The lowest BCUT2D eigenvalue weighted by molar-refractivity contribution is -0.142. The third kappa shape index (κ3) is 7.62. The zero-order chi connectivity index (χ0) is 38.5. The van der Waals surface area contributed by atoms with Crippen molar-refractivity contribution < 1.29 is 46.6 Å². The molecule has 2 unspecified atom stereocenters. The van der Waals surface area contributed by atoms with Crippen LogP contribution in [0.5, 0.6) is 11.6 Å². The van der Waals surface area contributed by atoms with Crippen LogP contribution in [-0.2, 0) is 24.4 Å². The van der Waals surface area contributed by atoms with E-state index in [1.54, 1.807) is 13.8 Å². The number of methoxy groups -OCH3 is 1. The molecule has 2 saturated carbocycles. The van der Waals surface area contributed by atoms with E-state index in [-0.39, 0.29) is 48.0 Å². The topological polar surface area (TPSA) is 206 Å². The molecule has 1 aromatic carbocycles. The van der Waals surface area contributed by atoms with Crippen molar-refractivity contribution in [1.82, 2.24) is 30.2 Å². The molecule has 1 saturated heterocycles. The maximum Gasteiger partial charge on any atom is 0.405 e. The van der Waals surface area contributed by atoms with Gasteiger partial charge in [-0.05, 0) is 64.2 Å². The largest absolute Gasteiger partial charge is 0.494 e. The number of ether oxygens (including phenoxy) is 2. The van der Waals surface area contributed by atoms with E-state index in [1.807, 2.05) is 26.0 Å². The fourth-order valence-electron chi connectivity index (χ4n) is 7.50. The lowest BCUT2D eigenvalue weighted by Gasteiger charge is -2.33. The molecule has 0 radical (unpaired) electrons. The van der Waals surface area contributed by atoms with Gasteiger partial charge in [-0.25, -0.2) is 27.6 Å². The Morgan fingerprint density at radius 2 is 1.89 bits per heavy atom. The number of benzene rings is 1. The van der Waals surface area contributed by atoms with E-state index in [1.165, 1.54) is 24.1 Å². The summed E-state index contributed by atoms with van der Waals surface area (Å²) in [6, 6.07) is 0.161. The van der Waals surface area contributed by atoms with Crippen LogP contribution >= 0.6 is 0 Å². The van der Waals surface area contributed by atoms with Crippen molar-refractivity contribution in [3.63, 3.8) is 0 Å². The van der Waals surface area contributed by atoms with Gasteiger partial charge < -0.3 is 30.1 Å². The Balaban J connectivity index is 1.35. The van der Waals surface area contributed by atoms with Gasteiger partial charge >= 0.3 is 6.09 Å². The molecule has 3 heterocycles. The number of sulfonamides is 1. The third-order valence-corrected chi connectivity index (χ3v) is 13.4. The van der Waals surface area contributed by atoms with Gasteiger partial charge in [0.05, 0.1) is 29.4 Å². The van der Waals surface area contributed by atoms with Crippen LogP contribution in [0.3, 0.4) is 0 Å². The van der Waals surface area contributed by atoms with Crippen LogP contribution in [0.2, 0.25) is 0 Å². The van der Waals surface area contributed by atoms with Crippen molar-refractivity contribution in [1.29, 1.82) is 0 Å². The zero-order valence-electron chi connectivity index (χ0n) is 30.5. The summed E-state index contributed by atoms with van der Waals surface area (Å²) in [7, 11) is -2.71. The van der Waals surface area contributed by atoms with Crippen LogP contribution < -0.4 is 24.8 Å². The Labute approximate surface area is 307 Å². The van der Waals surface area contributed by atoms with Gasteiger partial charge in [0.15, 0.2) is 11.6 Å². The second kappa shape index (κ2) is 14.4. The minimum absolute atomic E-state index is 0.0439. The SMILES string of the molecule is CC[C@@H]1C[C@H](C)CC/C=C\C2CC2(C(=O)NS(=O)(=O)C2(C)CC2)NC(=O)[C@@H]2C[C@@H](Oc3nc4cc(OC)c(F)cc4nc3C)CN2C(=O)[C@H]1NC(=O)O. The molecule has 0 bridgehead atoms. The number of carbonyl (C=O) groups is 4. The van der Waals surface area contributed by atoms with Crippen LogP contribution in [0.4, 0.5) is 9.18 Å². The van der Waals surface area contributed by atoms with Crippen LogP contribution in [0, 0.1) is 30.5 Å². The fraction of sp³-hybridized carbons (Fsp3) is 0.611. The van der Waals surface area contributed by atoms with Gasteiger partial charge in [0, 0.05) is 24.5 Å². The number of rotatable bonds is 8. The molecule has 4 N–H and O–H groups in total. The summed E-state index contributed by atoms with van der Waals surface area (Å²) in [5.74, 6) is -3.55. The lowest BCUT2D eigenvalue weighted by Crippen LogP contribution is -2.59. The Morgan fingerprint density at radius 3 is 2.55 bits per heavy atom. The summed E-state index contributed by atoms with van der Waals surface area (Å²) in [5.41, 5.74) is -0.711. The summed E-state index contributed by atoms with van der Waals surface area (Å²) in [4.78, 5) is 64.9. The van der Waals surface area contributed by atoms with Gasteiger partial charge in [-0.15, -0.1) is 0 Å². The summed E-state index contributed by atoms with van der Waals surface area (Å²) < 4.78 is 53.1. The maximum absolute atomic E-state index is 14.5. The molecule has 1 aromatic heterocycles. The number of allylic oxidation sites excluding steroid dienone is 1. The van der Waals surface area contributed by atoms with Crippen molar-refractivity contribution in [2.24, 2.45) is 17.8 Å². The second-order valence-corrected chi connectivity index (χ2v) is 17.4. The average molecular weight is 759 g/mol. The molecule has 6 rings (SSSR count). The summed E-state index contributed by atoms with van der Waals surface area (Å²) >= 11 is 0. The first kappa shape index (κ1) is 38.2. The maximum atomic E-state index is 14.5. The number of aromatic nitrogens is 2. The molecule has 2 aliphatic heterocycles. The van der Waals surface area contributed by atoms with Gasteiger partial charge in [0.25, 0.3) is 5.91 Å². The van der Waals surface area contributed by atoms with Gasteiger partial charge in [-0.1, -0.05) is 32.4 Å². The first-order chi connectivity index (χ1) is 25.0. The predicted octanol–water partition coefficient (Wildman–Crippen LogP) is 3.35. The zero-order valence-corrected chi connectivity index (χ0v) is 31.3. The average Bonchev–Trinajstić information content (AvgIpc) is 3.98. The van der Waals surface area contributed by atoms with E-state index in [4.69, 9.17) is 9.47 Å². The molecule has 17 heteroatoms. The summed E-state index contributed by atoms with van der Waals surface area (Å²) in [5, 5.41) is 15.1. The number of nitrogens with one attached hydrogen (secondary N) is 3. The number of hydrogen-bond acceptors (Lipinski definition) is 10. The van der Waals surface area contributed by atoms with Crippen LogP contribution in [0.25, 0.3) is 11.0 Å². The minimum atomic E-state index is -4.03. The van der Waals surface area contributed by atoms with Gasteiger partial charge in [0.1, 0.15) is 29.4 Å². The number of amides is 4. The highest BCUT2D eigenvalue weighted by Gasteiger charge is 2.63. The predicted molar refractivity (Wildman–Crippen MR) is 190 cm³/mol. The Morgan fingerprint density at radius 1 is 1.17 bits per heavy atom. The smallest absolute Gasteiger partial charge is 0.405 e. The van der Waals surface area contributed by atoms with E-state index in [9.17, 15) is 37.1 Å². The van der Waals surface area contributed by atoms with Gasteiger partial charge in [0.2, 0.25) is 27.7 Å². The molecular weight excluding hydrogens is 711 g/mol. The van der Waals surface area contributed by atoms with Gasteiger partial charge in [-0.2, -0.15) is 0 Å². The molecule has 2 aromatic rings. The van der Waals surface area contributed by atoms with Crippen LogP contribution in [0.1, 0.15) is 77.8 Å². The lowest BCUT2D eigenvalue weighted by atomic mass is 9.85. The molecule has 4 aliphatic rings. The molecule has 2 aliphatic carbocycles. The van der Waals surface area contributed by atoms with Crippen molar-refractivity contribution in [3.8, 4) is 11.6 Å². The number of nitrogens with zero attached hydrogens (tertiary/aromatic N) is 3. The molecular formula is C36H47FN6O9S. The fourth-order valence-corrected chi connectivity index (χ4v) is 8.82. The first-order valence-electron chi connectivity index (χ1n) is 18.0. The summed E-state index contributed by atoms with van der Waals surface area (Å²) in [6.45, 7) is 6.95. The third-order valence-electron chi connectivity index (χ3n) is 11.2. The summed E-state index contributed by atoms with van der Waals surface area (Å²) in [6.07, 6.45) is 4.80. The molecule has 288 valence electrons. The highest BCUT2D eigenvalue weighted by molar-refractivity contribution is 7.91. The Kier molecular flexibility index (Phi) is 10.3. The van der Waals surface area contributed by atoms with Crippen molar-refractivity contribution in [3.05, 3.63) is 35.8 Å². The highest BCUT2D eigenvalue weighted by Crippen LogP contribution is 2.47. The van der Waals surface area contributed by atoms with Crippen molar-refractivity contribution in [2.45, 2.75) is 108 Å². The van der Waals surface area contributed by atoms with E-state index < -0.39 is 80.0 Å². The molecule has 15 nitrogen and oxygen atoms in total. The quantitative estimate of drug-likeness (QED) is 0.287. The van der Waals surface area contributed by atoms with Crippen molar-refractivity contribution in [2.75, 3.05) is 13.7 Å². The number of hydrogen-bond donors (Lipinski definition) is 4. The number of carbonyl (C=O) groups excluding carboxylic acids is 3. The van der Waals surface area contributed by atoms with E-state index in [0.717, 1.165) is 6.42 Å². The number of carboxylic acid groups (broad SMARTS) is 1. The van der Waals surface area contributed by atoms with Gasteiger partial charge in [-0.3, -0.25) is 19.1 Å². The first-order valence-corrected chi connectivity index (χ1v) is 19.5. The van der Waals surface area contributed by atoms with E-state index in [0.29, 0.717) is 37.8 Å². The molecule has 4 amide bonds. The Bertz CT molecular complexity index is 1960. The normalized spacial score (nSPS) is 30.5. The van der Waals surface area contributed by atoms with Crippen molar-refractivity contribution >= 4 is 44.9 Å². The Hall–Kier alpha value is -4.54.